The van der Waals surface area contributed by atoms with Crippen molar-refractivity contribution in [1.82, 2.24) is 14.7 Å². The standard InChI is InChI=1S/C15H22BrN3O/c1-15(2,3)14(20)19-11-4-5-12(19)7-13(6-11)18-9-10(16)8-17-18/h8-9,11-13H,4-7H2,1-3H3. The lowest BCUT2D eigenvalue weighted by Crippen LogP contribution is -2.50. The predicted molar refractivity (Wildman–Crippen MR) is 81.3 cm³/mol. The summed E-state index contributed by atoms with van der Waals surface area (Å²) in [6.07, 6.45) is 8.25. The second-order valence-corrected chi connectivity index (χ2v) is 8.03. The van der Waals surface area contributed by atoms with E-state index in [1.54, 1.807) is 0 Å². The molecule has 5 heteroatoms. The number of amides is 1. The third kappa shape index (κ3) is 2.41. The molecule has 2 aliphatic rings. The molecule has 2 unspecified atom stereocenters. The van der Waals surface area contributed by atoms with Crippen LogP contribution in [0.1, 0.15) is 52.5 Å². The summed E-state index contributed by atoms with van der Waals surface area (Å²) in [4.78, 5) is 14.8. The van der Waals surface area contributed by atoms with Crippen molar-refractivity contribution in [3.63, 3.8) is 0 Å². The maximum absolute atomic E-state index is 12.6. The minimum atomic E-state index is -0.275. The van der Waals surface area contributed by atoms with Crippen molar-refractivity contribution in [3.05, 3.63) is 16.9 Å². The maximum Gasteiger partial charge on any atom is 0.228 e. The molecule has 2 atom stereocenters. The number of halogens is 1. The van der Waals surface area contributed by atoms with Crippen molar-refractivity contribution >= 4 is 21.8 Å². The Morgan fingerprint density at radius 2 is 1.85 bits per heavy atom. The highest BCUT2D eigenvalue weighted by Gasteiger charge is 2.46. The van der Waals surface area contributed by atoms with Crippen LogP contribution in [0.25, 0.3) is 0 Å². The fraction of sp³-hybridized carbons (Fsp3) is 0.733. The predicted octanol–water partition coefficient (Wildman–Crippen LogP) is 3.39. The van der Waals surface area contributed by atoms with Gasteiger partial charge in [0.2, 0.25) is 5.91 Å². The van der Waals surface area contributed by atoms with E-state index in [0.29, 0.717) is 24.0 Å². The molecule has 2 fully saturated rings. The number of aromatic nitrogens is 2. The number of piperidine rings is 1. The quantitative estimate of drug-likeness (QED) is 0.786. The van der Waals surface area contributed by atoms with E-state index in [2.05, 4.69) is 30.6 Å². The van der Waals surface area contributed by atoms with Crippen molar-refractivity contribution in [2.45, 2.75) is 64.6 Å². The molecule has 4 nitrogen and oxygen atoms in total. The van der Waals surface area contributed by atoms with E-state index in [0.717, 1.165) is 30.2 Å². The molecule has 0 N–H and O–H groups in total. The number of nitrogens with zero attached hydrogens (tertiary/aromatic N) is 3. The van der Waals surface area contributed by atoms with Crippen molar-refractivity contribution in [2.24, 2.45) is 5.41 Å². The number of hydrogen-bond acceptors (Lipinski definition) is 2. The van der Waals surface area contributed by atoms with Crippen LogP contribution in [0.5, 0.6) is 0 Å². The van der Waals surface area contributed by atoms with Gasteiger partial charge in [0.25, 0.3) is 0 Å². The Bertz CT molecular complexity index is 505. The summed E-state index contributed by atoms with van der Waals surface area (Å²) < 4.78 is 3.09. The van der Waals surface area contributed by atoms with Crippen molar-refractivity contribution < 1.29 is 4.79 Å². The van der Waals surface area contributed by atoms with Gasteiger partial charge in [-0.25, -0.2) is 0 Å². The van der Waals surface area contributed by atoms with Crippen LogP contribution >= 0.6 is 15.9 Å². The highest BCUT2D eigenvalue weighted by Crippen LogP contribution is 2.42. The highest BCUT2D eigenvalue weighted by atomic mass is 79.9. The molecule has 0 aromatic carbocycles. The molecule has 0 spiro atoms. The SMILES string of the molecule is CC(C)(C)C(=O)N1C2CCC1CC(n1cc(Br)cn1)C2. The first-order valence-corrected chi connectivity index (χ1v) is 8.18. The van der Waals surface area contributed by atoms with E-state index in [1.165, 1.54) is 0 Å². The number of carbonyl (C=O) groups excluding carboxylic acids is 1. The molecule has 3 heterocycles. The van der Waals surface area contributed by atoms with Crippen molar-refractivity contribution in [1.29, 1.82) is 0 Å². The summed E-state index contributed by atoms with van der Waals surface area (Å²) >= 11 is 3.46. The summed E-state index contributed by atoms with van der Waals surface area (Å²) in [6.45, 7) is 6.06. The number of hydrogen-bond donors (Lipinski definition) is 0. The van der Waals surface area contributed by atoms with Crippen molar-refractivity contribution in [2.75, 3.05) is 0 Å². The minimum absolute atomic E-state index is 0.275. The van der Waals surface area contributed by atoms with Gasteiger partial charge in [-0.1, -0.05) is 20.8 Å². The van der Waals surface area contributed by atoms with Gasteiger partial charge in [0.15, 0.2) is 0 Å². The topological polar surface area (TPSA) is 38.1 Å². The molecule has 0 radical (unpaired) electrons. The third-order valence-corrected chi connectivity index (χ3v) is 4.94. The third-order valence-electron chi connectivity index (χ3n) is 4.53. The van der Waals surface area contributed by atoms with Gasteiger partial charge in [0.1, 0.15) is 0 Å². The van der Waals surface area contributed by atoms with Gasteiger partial charge in [0.05, 0.1) is 16.7 Å². The monoisotopic (exact) mass is 339 g/mol. The molecule has 20 heavy (non-hydrogen) atoms. The molecular weight excluding hydrogens is 318 g/mol. The Morgan fingerprint density at radius 3 is 2.30 bits per heavy atom. The normalized spacial score (nSPS) is 29.8. The van der Waals surface area contributed by atoms with Gasteiger partial charge in [-0.05, 0) is 41.6 Å². The van der Waals surface area contributed by atoms with Gasteiger partial charge in [0, 0.05) is 23.7 Å². The lowest BCUT2D eigenvalue weighted by Gasteiger charge is -2.41. The van der Waals surface area contributed by atoms with Crippen LogP contribution < -0.4 is 0 Å². The molecule has 1 aromatic heterocycles. The van der Waals surface area contributed by atoms with Crippen LogP contribution in [-0.4, -0.2) is 32.7 Å². The smallest absolute Gasteiger partial charge is 0.228 e. The second kappa shape index (κ2) is 4.86. The highest BCUT2D eigenvalue weighted by molar-refractivity contribution is 9.10. The second-order valence-electron chi connectivity index (χ2n) is 7.11. The van der Waals surface area contributed by atoms with Crippen molar-refractivity contribution in [3.8, 4) is 0 Å². The molecule has 2 bridgehead atoms. The fourth-order valence-corrected chi connectivity index (χ4v) is 3.90. The van der Waals surface area contributed by atoms with E-state index in [4.69, 9.17) is 0 Å². The Balaban J connectivity index is 1.78. The van der Waals surface area contributed by atoms with Crippen LogP contribution in [0.4, 0.5) is 0 Å². The van der Waals surface area contributed by atoms with E-state index in [1.807, 2.05) is 33.2 Å². The summed E-state index contributed by atoms with van der Waals surface area (Å²) in [7, 11) is 0. The molecule has 110 valence electrons. The van der Waals surface area contributed by atoms with Crippen LogP contribution in [0, 0.1) is 5.41 Å². The minimum Gasteiger partial charge on any atom is -0.336 e. The largest absolute Gasteiger partial charge is 0.336 e. The van der Waals surface area contributed by atoms with E-state index in [-0.39, 0.29) is 5.41 Å². The average molecular weight is 340 g/mol. The molecule has 0 aliphatic carbocycles. The summed E-state index contributed by atoms with van der Waals surface area (Å²) in [6, 6.07) is 1.23. The Hall–Kier alpha value is -0.840. The lowest BCUT2D eigenvalue weighted by atomic mass is 9.90. The van der Waals surface area contributed by atoms with E-state index >= 15 is 0 Å². The average Bonchev–Trinajstić information content (AvgIpc) is 2.89. The molecule has 0 saturated carbocycles. The van der Waals surface area contributed by atoms with Gasteiger partial charge in [-0.3, -0.25) is 9.48 Å². The Morgan fingerprint density at radius 1 is 1.25 bits per heavy atom. The van der Waals surface area contributed by atoms with Gasteiger partial charge in [-0.15, -0.1) is 0 Å². The molecule has 1 amide bonds. The van der Waals surface area contributed by atoms with Crippen LogP contribution in [0.15, 0.2) is 16.9 Å². The Labute approximate surface area is 128 Å². The van der Waals surface area contributed by atoms with Crippen LogP contribution in [0.3, 0.4) is 0 Å². The molecular formula is C15H22BrN3O. The molecule has 1 aromatic rings. The molecule has 2 aliphatic heterocycles. The van der Waals surface area contributed by atoms with E-state index < -0.39 is 0 Å². The fourth-order valence-electron chi connectivity index (χ4n) is 3.60. The first-order chi connectivity index (χ1) is 9.36. The maximum atomic E-state index is 12.6. The van der Waals surface area contributed by atoms with Gasteiger partial charge in [-0.2, -0.15) is 5.10 Å². The summed E-state index contributed by atoms with van der Waals surface area (Å²) in [5, 5.41) is 4.42. The zero-order valence-corrected chi connectivity index (χ0v) is 13.9. The number of fused-ring (bicyclic) bond motifs is 2. The zero-order chi connectivity index (χ0) is 14.5. The van der Waals surface area contributed by atoms with Gasteiger partial charge >= 0.3 is 0 Å². The Kier molecular flexibility index (Phi) is 3.43. The van der Waals surface area contributed by atoms with Crippen LogP contribution in [0.2, 0.25) is 0 Å². The summed E-state index contributed by atoms with van der Waals surface area (Å²) in [5.74, 6) is 0.310. The lowest BCUT2D eigenvalue weighted by molar-refractivity contribution is -0.144. The number of rotatable bonds is 1. The van der Waals surface area contributed by atoms with Gasteiger partial charge < -0.3 is 4.90 Å². The van der Waals surface area contributed by atoms with Crippen LogP contribution in [-0.2, 0) is 4.79 Å². The van der Waals surface area contributed by atoms with E-state index in [9.17, 15) is 4.79 Å². The summed E-state index contributed by atoms with van der Waals surface area (Å²) in [5.41, 5.74) is -0.275. The first-order valence-electron chi connectivity index (χ1n) is 7.38. The first kappa shape index (κ1) is 14.1. The molecule has 3 rings (SSSR count). The number of carbonyl (C=O) groups is 1. The zero-order valence-electron chi connectivity index (χ0n) is 12.3. The molecule has 2 saturated heterocycles.